The van der Waals surface area contributed by atoms with E-state index in [-0.39, 0.29) is 11.8 Å². The number of hydrogen-bond acceptors (Lipinski definition) is 2. The van der Waals surface area contributed by atoms with Crippen LogP contribution in [0.4, 0.5) is 0 Å². The fourth-order valence-electron chi connectivity index (χ4n) is 2.18. The predicted molar refractivity (Wildman–Crippen MR) is 52.9 cm³/mol. The third kappa shape index (κ3) is 1.41. The third-order valence-electron chi connectivity index (χ3n) is 2.87. The van der Waals surface area contributed by atoms with Gasteiger partial charge in [-0.05, 0) is 24.3 Å². The predicted octanol–water partition coefficient (Wildman–Crippen LogP) is 0.822. The van der Waals surface area contributed by atoms with Gasteiger partial charge in [0.15, 0.2) is 0 Å². The van der Waals surface area contributed by atoms with Gasteiger partial charge in [-0.2, -0.15) is 5.10 Å². The lowest BCUT2D eigenvalue weighted by molar-refractivity contribution is -0.122. The Hall–Kier alpha value is -1.32. The Labute approximate surface area is 83.1 Å². The molecule has 0 saturated carbocycles. The molecule has 2 rings (SSSR count). The Balaban J connectivity index is 2.32. The normalized spacial score (nSPS) is 25.6. The molecule has 2 atom stereocenters. The average molecular weight is 193 g/mol. The fraction of sp³-hybridized carbons (Fsp3) is 0.600. The molecule has 0 radical (unpaired) electrons. The molecule has 14 heavy (non-hydrogen) atoms. The van der Waals surface area contributed by atoms with Crippen LogP contribution in [0.25, 0.3) is 0 Å². The van der Waals surface area contributed by atoms with Crippen molar-refractivity contribution in [3.8, 4) is 0 Å². The minimum Gasteiger partial charge on any atom is -0.359 e. The number of amides is 1. The zero-order valence-electron chi connectivity index (χ0n) is 8.50. The molecule has 4 heteroatoms. The standard InChI is InChI=1S/C10H15N3O/c1-6-3-7-5-12-13-9(7)8(4-6)10(14)11-2/h5-6,8H,3-4H2,1-2H3,(H,11,14)(H,12,13). The summed E-state index contributed by atoms with van der Waals surface area (Å²) in [5, 5.41) is 9.63. The summed E-state index contributed by atoms with van der Waals surface area (Å²) in [6.45, 7) is 2.17. The van der Waals surface area contributed by atoms with E-state index in [1.54, 1.807) is 7.05 Å². The van der Waals surface area contributed by atoms with Crippen molar-refractivity contribution in [3.05, 3.63) is 17.5 Å². The van der Waals surface area contributed by atoms with Gasteiger partial charge in [0.05, 0.1) is 17.8 Å². The Bertz CT molecular complexity index is 345. The van der Waals surface area contributed by atoms with Crippen LogP contribution in [0.15, 0.2) is 6.20 Å². The van der Waals surface area contributed by atoms with Gasteiger partial charge in [0.1, 0.15) is 0 Å². The Morgan fingerprint density at radius 3 is 3.21 bits per heavy atom. The highest BCUT2D eigenvalue weighted by atomic mass is 16.1. The number of aromatic nitrogens is 2. The van der Waals surface area contributed by atoms with Gasteiger partial charge in [0.25, 0.3) is 0 Å². The summed E-state index contributed by atoms with van der Waals surface area (Å²) in [4.78, 5) is 11.6. The zero-order chi connectivity index (χ0) is 10.1. The highest BCUT2D eigenvalue weighted by molar-refractivity contribution is 5.83. The summed E-state index contributed by atoms with van der Waals surface area (Å²) in [5.74, 6) is 0.602. The summed E-state index contributed by atoms with van der Waals surface area (Å²) in [5.41, 5.74) is 2.19. The van der Waals surface area contributed by atoms with E-state index in [4.69, 9.17) is 0 Å². The lowest BCUT2D eigenvalue weighted by atomic mass is 9.81. The molecule has 1 aliphatic carbocycles. The molecule has 1 aliphatic rings. The van der Waals surface area contributed by atoms with Crippen molar-refractivity contribution >= 4 is 5.91 Å². The summed E-state index contributed by atoms with van der Waals surface area (Å²) in [6.07, 6.45) is 3.77. The van der Waals surface area contributed by atoms with Crippen molar-refractivity contribution in [2.75, 3.05) is 7.05 Å². The lowest BCUT2D eigenvalue weighted by Crippen LogP contribution is -2.30. The summed E-state index contributed by atoms with van der Waals surface area (Å²) in [6, 6.07) is 0. The third-order valence-corrected chi connectivity index (χ3v) is 2.87. The second-order valence-electron chi connectivity index (χ2n) is 4.02. The van der Waals surface area contributed by atoms with E-state index in [2.05, 4.69) is 22.4 Å². The van der Waals surface area contributed by atoms with E-state index in [0.29, 0.717) is 5.92 Å². The van der Waals surface area contributed by atoms with Crippen LogP contribution in [0.3, 0.4) is 0 Å². The number of likely N-dealkylation sites (N-methyl/N-ethyl adjacent to an activating group) is 1. The Kier molecular flexibility index (Phi) is 2.27. The zero-order valence-corrected chi connectivity index (χ0v) is 8.50. The maximum absolute atomic E-state index is 11.6. The van der Waals surface area contributed by atoms with Crippen molar-refractivity contribution < 1.29 is 4.79 Å². The number of nitrogens with one attached hydrogen (secondary N) is 2. The Morgan fingerprint density at radius 2 is 2.50 bits per heavy atom. The van der Waals surface area contributed by atoms with Gasteiger partial charge < -0.3 is 5.32 Å². The molecule has 0 spiro atoms. The second-order valence-corrected chi connectivity index (χ2v) is 4.02. The molecule has 1 aromatic rings. The highest BCUT2D eigenvalue weighted by Crippen LogP contribution is 2.33. The molecule has 1 aromatic heterocycles. The molecule has 4 nitrogen and oxygen atoms in total. The quantitative estimate of drug-likeness (QED) is 0.693. The van der Waals surface area contributed by atoms with Crippen LogP contribution in [-0.4, -0.2) is 23.2 Å². The molecule has 2 N–H and O–H groups in total. The number of H-pyrrole nitrogens is 1. The minimum atomic E-state index is -0.0405. The van der Waals surface area contributed by atoms with Crippen LogP contribution in [0.5, 0.6) is 0 Å². The smallest absolute Gasteiger partial charge is 0.228 e. The summed E-state index contributed by atoms with van der Waals surface area (Å²) >= 11 is 0. The van der Waals surface area contributed by atoms with E-state index in [0.717, 1.165) is 18.5 Å². The van der Waals surface area contributed by atoms with Crippen molar-refractivity contribution in [2.45, 2.75) is 25.7 Å². The van der Waals surface area contributed by atoms with Crippen LogP contribution in [0.1, 0.15) is 30.5 Å². The minimum absolute atomic E-state index is 0.0405. The largest absolute Gasteiger partial charge is 0.359 e. The van der Waals surface area contributed by atoms with Crippen LogP contribution in [0.2, 0.25) is 0 Å². The summed E-state index contributed by atoms with van der Waals surface area (Å²) in [7, 11) is 1.68. The monoisotopic (exact) mass is 193 g/mol. The molecule has 1 amide bonds. The van der Waals surface area contributed by atoms with E-state index in [1.165, 1.54) is 5.56 Å². The number of carbonyl (C=O) groups is 1. The molecule has 0 aliphatic heterocycles. The van der Waals surface area contributed by atoms with Gasteiger partial charge in [0, 0.05) is 7.05 Å². The number of aromatic amines is 1. The first kappa shape index (κ1) is 9.24. The van der Waals surface area contributed by atoms with Gasteiger partial charge in [-0.3, -0.25) is 9.89 Å². The molecular formula is C10H15N3O. The maximum Gasteiger partial charge on any atom is 0.228 e. The van der Waals surface area contributed by atoms with Crippen molar-refractivity contribution in [1.82, 2.24) is 15.5 Å². The van der Waals surface area contributed by atoms with Crippen molar-refractivity contribution in [3.63, 3.8) is 0 Å². The van der Waals surface area contributed by atoms with Gasteiger partial charge in [0.2, 0.25) is 5.91 Å². The molecule has 1 heterocycles. The number of rotatable bonds is 1. The first-order chi connectivity index (χ1) is 6.72. The number of hydrogen-bond donors (Lipinski definition) is 2. The molecule has 2 unspecified atom stereocenters. The van der Waals surface area contributed by atoms with Crippen molar-refractivity contribution in [1.29, 1.82) is 0 Å². The molecule has 0 bridgehead atoms. The lowest BCUT2D eigenvalue weighted by Gasteiger charge is -2.25. The van der Waals surface area contributed by atoms with Gasteiger partial charge >= 0.3 is 0 Å². The van der Waals surface area contributed by atoms with Crippen LogP contribution >= 0.6 is 0 Å². The number of fused-ring (bicyclic) bond motifs is 1. The second kappa shape index (κ2) is 3.44. The van der Waals surface area contributed by atoms with Gasteiger partial charge in [-0.15, -0.1) is 0 Å². The molecule has 0 fully saturated rings. The number of carbonyl (C=O) groups excluding carboxylic acids is 1. The molecular weight excluding hydrogens is 178 g/mol. The van der Waals surface area contributed by atoms with Crippen molar-refractivity contribution in [2.24, 2.45) is 5.92 Å². The van der Waals surface area contributed by atoms with Gasteiger partial charge in [-0.1, -0.05) is 6.92 Å². The molecule has 0 aromatic carbocycles. The topological polar surface area (TPSA) is 57.8 Å². The molecule has 0 saturated heterocycles. The van der Waals surface area contributed by atoms with Crippen LogP contribution in [-0.2, 0) is 11.2 Å². The van der Waals surface area contributed by atoms with E-state index < -0.39 is 0 Å². The Morgan fingerprint density at radius 1 is 1.71 bits per heavy atom. The molecule has 76 valence electrons. The first-order valence-corrected chi connectivity index (χ1v) is 4.96. The van der Waals surface area contributed by atoms with E-state index in [9.17, 15) is 4.79 Å². The van der Waals surface area contributed by atoms with Crippen LogP contribution in [0, 0.1) is 5.92 Å². The van der Waals surface area contributed by atoms with Gasteiger partial charge in [-0.25, -0.2) is 0 Å². The first-order valence-electron chi connectivity index (χ1n) is 4.96. The average Bonchev–Trinajstić information content (AvgIpc) is 2.62. The van der Waals surface area contributed by atoms with E-state index in [1.807, 2.05) is 6.20 Å². The SMILES string of the molecule is CNC(=O)C1CC(C)Cc2cn[nH]c21. The highest BCUT2D eigenvalue weighted by Gasteiger charge is 2.30. The maximum atomic E-state index is 11.6. The van der Waals surface area contributed by atoms with Crippen LogP contribution < -0.4 is 5.32 Å². The fourth-order valence-corrected chi connectivity index (χ4v) is 2.18. The number of nitrogens with zero attached hydrogens (tertiary/aromatic N) is 1. The van der Waals surface area contributed by atoms with E-state index >= 15 is 0 Å². The summed E-state index contributed by atoms with van der Waals surface area (Å²) < 4.78 is 0.